The third-order valence-electron chi connectivity index (χ3n) is 4.00. The minimum atomic E-state index is -0.781. The van der Waals surface area contributed by atoms with E-state index < -0.39 is 11.4 Å². The maximum Gasteiger partial charge on any atom is 0.317 e. The van der Waals surface area contributed by atoms with Gasteiger partial charge in [-0.05, 0) is 37.5 Å². The molecule has 2 amide bonds. The van der Waals surface area contributed by atoms with Crippen molar-refractivity contribution in [2.75, 3.05) is 13.1 Å². The van der Waals surface area contributed by atoms with Crippen molar-refractivity contribution in [3.05, 3.63) is 34.3 Å². The molecular formula is C15H19BrN2O3. The first-order valence-electron chi connectivity index (χ1n) is 6.91. The zero-order valence-electron chi connectivity index (χ0n) is 11.9. The predicted octanol–water partition coefficient (Wildman–Crippen LogP) is 2.85. The zero-order chi connectivity index (χ0) is 15.5. The van der Waals surface area contributed by atoms with Gasteiger partial charge in [-0.1, -0.05) is 28.1 Å². The number of carboxylic acid groups (broad SMARTS) is 1. The molecule has 2 N–H and O–H groups in total. The number of carboxylic acids is 1. The van der Waals surface area contributed by atoms with Gasteiger partial charge in [0, 0.05) is 24.1 Å². The fourth-order valence-electron chi connectivity index (χ4n) is 2.35. The molecule has 0 aromatic heterocycles. The normalized spacial score (nSPS) is 17.3. The predicted molar refractivity (Wildman–Crippen MR) is 82.9 cm³/mol. The maximum absolute atomic E-state index is 12.1. The van der Waals surface area contributed by atoms with Gasteiger partial charge in [-0.25, -0.2) is 4.79 Å². The van der Waals surface area contributed by atoms with E-state index in [1.807, 2.05) is 24.3 Å². The fraction of sp³-hybridized carbons (Fsp3) is 0.467. The van der Waals surface area contributed by atoms with E-state index in [2.05, 4.69) is 21.2 Å². The number of carbonyl (C=O) groups is 2. The van der Waals surface area contributed by atoms with Crippen LogP contribution in [0.5, 0.6) is 0 Å². The molecule has 1 aromatic rings. The summed E-state index contributed by atoms with van der Waals surface area (Å²) >= 11 is 3.39. The smallest absolute Gasteiger partial charge is 0.317 e. The molecule has 114 valence electrons. The Balaban J connectivity index is 1.84. The second kappa shape index (κ2) is 6.47. The molecule has 21 heavy (non-hydrogen) atoms. The standard InChI is InChI=1S/C15H19BrN2O3/c1-15(13(19)20)5-7-18(8-6-15)14(21)17-10-11-3-2-4-12(16)9-11/h2-4,9H,5-8,10H2,1H3,(H,17,21)(H,19,20). The lowest BCUT2D eigenvalue weighted by molar-refractivity contribution is -0.150. The molecule has 1 fully saturated rings. The largest absolute Gasteiger partial charge is 0.481 e. The van der Waals surface area contributed by atoms with Gasteiger partial charge in [-0.2, -0.15) is 0 Å². The fourth-order valence-corrected chi connectivity index (χ4v) is 2.80. The van der Waals surface area contributed by atoms with Gasteiger partial charge in [0.2, 0.25) is 0 Å². The number of halogens is 1. The Morgan fingerprint density at radius 2 is 2.05 bits per heavy atom. The monoisotopic (exact) mass is 354 g/mol. The van der Waals surface area contributed by atoms with Crippen LogP contribution >= 0.6 is 15.9 Å². The number of benzene rings is 1. The van der Waals surface area contributed by atoms with E-state index in [0.717, 1.165) is 10.0 Å². The Labute approximate surface area is 132 Å². The van der Waals surface area contributed by atoms with E-state index in [1.165, 1.54) is 0 Å². The number of aliphatic carboxylic acids is 1. The van der Waals surface area contributed by atoms with Gasteiger partial charge in [-0.15, -0.1) is 0 Å². The molecule has 1 heterocycles. The molecule has 0 spiro atoms. The van der Waals surface area contributed by atoms with Crippen molar-refractivity contribution >= 4 is 27.9 Å². The molecule has 0 aliphatic carbocycles. The van der Waals surface area contributed by atoms with Crippen molar-refractivity contribution in [2.45, 2.75) is 26.3 Å². The van der Waals surface area contributed by atoms with E-state index >= 15 is 0 Å². The van der Waals surface area contributed by atoms with Crippen molar-refractivity contribution < 1.29 is 14.7 Å². The van der Waals surface area contributed by atoms with Crippen LogP contribution in [0.1, 0.15) is 25.3 Å². The van der Waals surface area contributed by atoms with Crippen LogP contribution < -0.4 is 5.32 Å². The van der Waals surface area contributed by atoms with Crippen LogP contribution in [0, 0.1) is 5.41 Å². The molecule has 1 aliphatic heterocycles. The SMILES string of the molecule is CC1(C(=O)O)CCN(C(=O)NCc2cccc(Br)c2)CC1. The molecule has 5 nitrogen and oxygen atoms in total. The zero-order valence-corrected chi connectivity index (χ0v) is 13.5. The average Bonchev–Trinajstić information content (AvgIpc) is 2.45. The summed E-state index contributed by atoms with van der Waals surface area (Å²) in [5.74, 6) is -0.781. The van der Waals surface area contributed by atoms with Crippen molar-refractivity contribution in [1.82, 2.24) is 10.2 Å². The summed E-state index contributed by atoms with van der Waals surface area (Å²) in [5.41, 5.74) is 0.311. The summed E-state index contributed by atoms with van der Waals surface area (Å²) in [7, 11) is 0. The number of amides is 2. The summed E-state index contributed by atoms with van der Waals surface area (Å²) in [5, 5.41) is 12.0. The maximum atomic E-state index is 12.1. The minimum absolute atomic E-state index is 0.137. The number of rotatable bonds is 3. The number of piperidine rings is 1. The molecule has 1 saturated heterocycles. The van der Waals surface area contributed by atoms with Crippen LogP contribution in [0.25, 0.3) is 0 Å². The number of urea groups is 1. The number of hydrogen-bond donors (Lipinski definition) is 2. The molecule has 1 aliphatic rings. The van der Waals surface area contributed by atoms with Crippen molar-refractivity contribution in [2.24, 2.45) is 5.41 Å². The van der Waals surface area contributed by atoms with E-state index in [9.17, 15) is 14.7 Å². The van der Waals surface area contributed by atoms with Crippen molar-refractivity contribution in [1.29, 1.82) is 0 Å². The highest BCUT2D eigenvalue weighted by molar-refractivity contribution is 9.10. The van der Waals surface area contributed by atoms with Gasteiger partial charge in [0.25, 0.3) is 0 Å². The Bertz CT molecular complexity index is 539. The first-order valence-corrected chi connectivity index (χ1v) is 7.71. The second-order valence-electron chi connectivity index (χ2n) is 5.64. The third-order valence-corrected chi connectivity index (χ3v) is 4.50. The molecule has 0 saturated carbocycles. The molecule has 0 atom stereocenters. The Morgan fingerprint density at radius 1 is 1.38 bits per heavy atom. The highest BCUT2D eigenvalue weighted by Gasteiger charge is 2.37. The molecule has 6 heteroatoms. The Morgan fingerprint density at radius 3 is 2.62 bits per heavy atom. The summed E-state index contributed by atoms with van der Waals surface area (Å²) in [6.45, 7) is 3.16. The second-order valence-corrected chi connectivity index (χ2v) is 6.56. The minimum Gasteiger partial charge on any atom is -0.481 e. The Hall–Kier alpha value is -1.56. The topological polar surface area (TPSA) is 69.6 Å². The van der Waals surface area contributed by atoms with Crippen LogP contribution in [0.3, 0.4) is 0 Å². The molecule has 0 radical (unpaired) electrons. The summed E-state index contributed by atoms with van der Waals surface area (Å²) in [4.78, 5) is 24.9. The van der Waals surface area contributed by atoms with E-state index in [-0.39, 0.29) is 6.03 Å². The van der Waals surface area contributed by atoms with E-state index in [4.69, 9.17) is 0 Å². The average molecular weight is 355 g/mol. The number of nitrogens with one attached hydrogen (secondary N) is 1. The van der Waals surface area contributed by atoms with Gasteiger partial charge in [0.1, 0.15) is 0 Å². The van der Waals surface area contributed by atoms with Crippen molar-refractivity contribution in [3.63, 3.8) is 0 Å². The van der Waals surface area contributed by atoms with Crippen LogP contribution in [0.4, 0.5) is 4.79 Å². The molecule has 0 bridgehead atoms. The van der Waals surface area contributed by atoms with Crippen molar-refractivity contribution in [3.8, 4) is 0 Å². The Kier molecular flexibility index (Phi) is 4.88. The highest BCUT2D eigenvalue weighted by atomic mass is 79.9. The summed E-state index contributed by atoms with van der Waals surface area (Å²) in [6.07, 6.45) is 0.985. The van der Waals surface area contributed by atoms with Crippen LogP contribution in [-0.2, 0) is 11.3 Å². The molecule has 1 aromatic carbocycles. The lowest BCUT2D eigenvalue weighted by Crippen LogP contribution is -2.48. The van der Waals surface area contributed by atoms with Gasteiger partial charge in [0.05, 0.1) is 5.41 Å². The first kappa shape index (κ1) is 15.8. The van der Waals surface area contributed by atoms with Gasteiger partial charge in [-0.3, -0.25) is 4.79 Å². The molecule has 0 unspecified atom stereocenters. The van der Waals surface area contributed by atoms with E-state index in [1.54, 1.807) is 11.8 Å². The number of hydrogen-bond acceptors (Lipinski definition) is 2. The summed E-state index contributed by atoms with van der Waals surface area (Å²) < 4.78 is 0.976. The lowest BCUT2D eigenvalue weighted by atomic mass is 9.80. The molecule has 2 rings (SSSR count). The number of likely N-dealkylation sites (tertiary alicyclic amines) is 1. The summed E-state index contributed by atoms with van der Waals surface area (Å²) in [6, 6.07) is 7.62. The highest BCUT2D eigenvalue weighted by Crippen LogP contribution is 2.30. The first-order chi connectivity index (χ1) is 9.90. The van der Waals surface area contributed by atoms with Gasteiger partial charge in [0.15, 0.2) is 0 Å². The van der Waals surface area contributed by atoms with Crippen LogP contribution in [0.15, 0.2) is 28.7 Å². The molecular weight excluding hydrogens is 336 g/mol. The van der Waals surface area contributed by atoms with Crippen LogP contribution in [0.2, 0.25) is 0 Å². The van der Waals surface area contributed by atoms with E-state index in [0.29, 0.717) is 32.5 Å². The van der Waals surface area contributed by atoms with Gasteiger partial charge < -0.3 is 15.3 Å². The lowest BCUT2D eigenvalue weighted by Gasteiger charge is -2.36. The number of carbonyl (C=O) groups excluding carboxylic acids is 1. The quantitative estimate of drug-likeness (QED) is 0.876. The van der Waals surface area contributed by atoms with Crippen LogP contribution in [-0.4, -0.2) is 35.1 Å². The third kappa shape index (κ3) is 3.97. The number of nitrogens with zero attached hydrogens (tertiary/aromatic N) is 1. The van der Waals surface area contributed by atoms with Gasteiger partial charge >= 0.3 is 12.0 Å².